The lowest BCUT2D eigenvalue weighted by atomic mass is 9.97. The number of hydrogen-bond acceptors (Lipinski definition) is 3. The summed E-state index contributed by atoms with van der Waals surface area (Å²) < 4.78 is 1.04. The summed E-state index contributed by atoms with van der Waals surface area (Å²) in [4.78, 5) is 12.4. The number of H-pyrrole nitrogens is 1. The number of aromatic nitrogens is 2. The fourth-order valence-electron chi connectivity index (χ4n) is 2.97. The standard InChI is InChI=1S/C17H21BrN4O.ClH/c1-2-14-15(11-3-5-13(18)6-4-11)21-22-16(14)20-17(23)12-7-9-19-10-8-12;/h3-6,12,19H,2,7-10H2,1H3,(H2,20,21,22,23);1H. The number of nitrogens with zero attached hydrogens (tertiary/aromatic N) is 1. The van der Waals surface area contributed by atoms with E-state index in [0.29, 0.717) is 5.82 Å². The van der Waals surface area contributed by atoms with E-state index in [4.69, 9.17) is 0 Å². The highest BCUT2D eigenvalue weighted by Crippen LogP contribution is 2.29. The molecule has 2 heterocycles. The molecular formula is C17H22BrClN4O. The van der Waals surface area contributed by atoms with Gasteiger partial charge in [0.05, 0.1) is 5.69 Å². The molecule has 24 heavy (non-hydrogen) atoms. The summed E-state index contributed by atoms with van der Waals surface area (Å²) >= 11 is 3.45. The number of piperidine rings is 1. The van der Waals surface area contributed by atoms with Gasteiger partial charge in [0.1, 0.15) is 0 Å². The summed E-state index contributed by atoms with van der Waals surface area (Å²) in [6, 6.07) is 8.08. The highest BCUT2D eigenvalue weighted by molar-refractivity contribution is 9.10. The third-order valence-corrected chi connectivity index (χ3v) is 4.83. The van der Waals surface area contributed by atoms with E-state index in [1.165, 1.54) is 0 Å². The molecule has 1 aromatic heterocycles. The van der Waals surface area contributed by atoms with Crippen molar-refractivity contribution in [2.45, 2.75) is 26.2 Å². The van der Waals surface area contributed by atoms with Crippen LogP contribution < -0.4 is 10.6 Å². The molecule has 130 valence electrons. The Bertz CT molecular complexity index is 680. The molecule has 2 aromatic rings. The first-order valence-corrected chi connectivity index (χ1v) is 8.83. The molecule has 0 spiro atoms. The van der Waals surface area contributed by atoms with Crippen LogP contribution in [0.2, 0.25) is 0 Å². The molecule has 0 radical (unpaired) electrons. The molecule has 0 aliphatic carbocycles. The van der Waals surface area contributed by atoms with Gasteiger partial charge < -0.3 is 10.6 Å². The maximum atomic E-state index is 12.4. The molecule has 7 heteroatoms. The minimum atomic E-state index is 0. The minimum absolute atomic E-state index is 0. The molecular weight excluding hydrogens is 392 g/mol. The van der Waals surface area contributed by atoms with Gasteiger partial charge in [0.15, 0.2) is 5.82 Å². The van der Waals surface area contributed by atoms with E-state index in [0.717, 1.165) is 53.6 Å². The van der Waals surface area contributed by atoms with Crippen molar-refractivity contribution < 1.29 is 4.79 Å². The van der Waals surface area contributed by atoms with E-state index < -0.39 is 0 Å². The van der Waals surface area contributed by atoms with Crippen LogP contribution in [0.1, 0.15) is 25.3 Å². The maximum Gasteiger partial charge on any atom is 0.228 e. The van der Waals surface area contributed by atoms with Gasteiger partial charge in [0.2, 0.25) is 5.91 Å². The second-order valence-electron chi connectivity index (χ2n) is 5.80. The molecule has 1 amide bonds. The Morgan fingerprint density at radius 2 is 1.96 bits per heavy atom. The van der Waals surface area contributed by atoms with E-state index in [-0.39, 0.29) is 24.2 Å². The third-order valence-electron chi connectivity index (χ3n) is 4.31. The number of nitrogens with one attached hydrogen (secondary N) is 3. The van der Waals surface area contributed by atoms with Crippen molar-refractivity contribution in [2.75, 3.05) is 18.4 Å². The molecule has 5 nitrogen and oxygen atoms in total. The second kappa shape index (κ2) is 8.65. The van der Waals surface area contributed by atoms with Crippen LogP contribution in [0, 0.1) is 5.92 Å². The van der Waals surface area contributed by atoms with Crippen LogP contribution in [-0.2, 0) is 11.2 Å². The van der Waals surface area contributed by atoms with E-state index in [1.54, 1.807) is 0 Å². The SMILES string of the molecule is CCc1c(NC(=O)C2CCNCC2)n[nH]c1-c1ccc(Br)cc1.Cl. The number of benzene rings is 1. The first-order valence-electron chi connectivity index (χ1n) is 8.03. The Labute approximate surface area is 156 Å². The fourth-order valence-corrected chi connectivity index (χ4v) is 3.24. The number of carbonyl (C=O) groups excluding carboxylic acids is 1. The molecule has 1 saturated heterocycles. The van der Waals surface area contributed by atoms with Crippen LogP contribution in [0.4, 0.5) is 5.82 Å². The molecule has 0 saturated carbocycles. The monoisotopic (exact) mass is 412 g/mol. The Balaban J connectivity index is 0.00000208. The highest BCUT2D eigenvalue weighted by Gasteiger charge is 2.23. The van der Waals surface area contributed by atoms with Crippen molar-refractivity contribution in [3.8, 4) is 11.3 Å². The first-order chi connectivity index (χ1) is 11.2. The van der Waals surface area contributed by atoms with Crippen molar-refractivity contribution in [3.63, 3.8) is 0 Å². The predicted molar refractivity (Wildman–Crippen MR) is 103 cm³/mol. The summed E-state index contributed by atoms with van der Waals surface area (Å²) in [5.74, 6) is 0.817. The average Bonchev–Trinajstić information content (AvgIpc) is 2.99. The molecule has 1 aliphatic rings. The lowest BCUT2D eigenvalue weighted by Crippen LogP contribution is -2.34. The lowest BCUT2D eigenvalue weighted by molar-refractivity contribution is -0.120. The smallest absolute Gasteiger partial charge is 0.228 e. The molecule has 0 atom stereocenters. The predicted octanol–water partition coefficient (Wildman–Crippen LogP) is 3.76. The van der Waals surface area contributed by atoms with Crippen molar-refractivity contribution in [1.82, 2.24) is 15.5 Å². The molecule has 1 aliphatic heterocycles. The topological polar surface area (TPSA) is 69.8 Å². The molecule has 1 aromatic carbocycles. The summed E-state index contributed by atoms with van der Waals surface area (Å²) in [7, 11) is 0. The number of halogens is 2. The summed E-state index contributed by atoms with van der Waals surface area (Å²) in [6.07, 6.45) is 2.58. The van der Waals surface area contributed by atoms with E-state index in [9.17, 15) is 4.79 Å². The largest absolute Gasteiger partial charge is 0.317 e. The normalized spacial score (nSPS) is 14.9. The quantitative estimate of drug-likeness (QED) is 0.715. The van der Waals surface area contributed by atoms with Crippen LogP contribution in [0.15, 0.2) is 28.7 Å². The number of anilines is 1. The third kappa shape index (κ3) is 4.18. The van der Waals surface area contributed by atoms with Crippen LogP contribution in [0.25, 0.3) is 11.3 Å². The van der Waals surface area contributed by atoms with Crippen molar-refractivity contribution in [3.05, 3.63) is 34.3 Å². The van der Waals surface area contributed by atoms with E-state index >= 15 is 0 Å². The second-order valence-corrected chi connectivity index (χ2v) is 6.72. The van der Waals surface area contributed by atoms with Gasteiger partial charge in [0, 0.05) is 16.0 Å². The van der Waals surface area contributed by atoms with Gasteiger partial charge >= 0.3 is 0 Å². The Hall–Kier alpha value is -1.37. The number of hydrogen-bond donors (Lipinski definition) is 3. The molecule has 0 unspecified atom stereocenters. The number of aromatic amines is 1. The lowest BCUT2D eigenvalue weighted by Gasteiger charge is -2.21. The Morgan fingerprint density at radius 1 is 1.29 bits per heavy atom. The van der Waals surface area contributed by atoms with Gasteiger partial charge in [-0.25, -0.2) is 0 Å². The molecule has 0 bridgehead atoms. The van der Waals surface area contributed by atoms with Crippen LogP contribution in [-0.4, -0.2) is 29.2 Å². The highest BCUT2D eigenvalue weighted by atomic mass is 79.9. The van der Waals surface area contributed by atoms with Crippen LogP contribution >= 0.6 is 28.3 Å². The van der Waals surface area contributed by atoms with Crippen molar-refractivity contribution in [1.29, 1.82) is 0 Å². The van der Waals surface area contributed by atoms with Crippen molar-refractivity contribution in [2.24, 2.45) is 5.92 Å². The summed E-state index contributed by atoms with van der Waals surface area (Å²) in [5, 5.41) is 13.7. The summed E-state index contributed by atoms with van der Waals surface area (Å²) in [5.41, 5.74) is 3.09. The fraction of sp³-hybridized carbons (Fsp3) is 0.412. The van der Waals surface area contributed by atoms with Crippen LogP contribution in [0.3, 0.4) is 0 Å². The Kier molecular flexibility index (Phi) is 6.83. The van der Waals surface area contributed by atoms with E-state index in [1.807, 2.05) is 24.3 Å². The Morgan fingerprint density at radius 3 is 2.58 bits per heavy atom. The van der Waals surface area contributed by atoms with Gasteiger partial charge in [-0.15, -0.1) is 12.4 Å². The first kappa shape index (κ1) is 19.0. The molecule has 3 N–H and O–H groups in total. The van der Waals surface area contributed by atoms with Gasteiger partial charge in [-0.1, -0.05) is 35.0 Å². The van der Waals surface area contributed by atoms with Gasteiger partial charge in [-0.3, -0.25) is 9.89 Å². The maximum absolute atomic E-state index is 12.4. The zero-order chi connectivity index (χ0) is 16.2. The van der Waals surface area contributed by atoms with E-state index in [2.05, 4.69) is 43.7 Å². The van der Waals surface area contributed by atoms with Crippen molar-refractivity contribution >= 4 is 40.1 Å². The zero-order valence-corrected chi connectivity index (χ0v) is 16.0. The number of carbonyl (C=O) groups is 1. The zero-order valence-electron chi connectivity index (χ0n) is 13.6. The van der Waals surface area contributed by atoms with Crippen LogP contribution in [0.5, 0.6) is 0 Å². The van der Waals surface area contributed by atoms with Gasteiger partial charge in [0.25, 0.3) is 0 Å². The number of rotatable bonds is 4. The molecule has 3 rings (SSSR count). The summed E-state index contributed by atoms with van der Waals surface area (Å²) in [6.45, 7) is 3.89. The number of amides is 1. The molecule has 1 fully saturated rings. The minimum Gasteiger partial charge on any atom is -0.317 e. The average molecular weight is 414 g/mol. The van der Waals surface area contributed by atoms with Gasteiger partial charge in [-0.2, -0.15) is 5.10 Å². The van der Waals surface area contributed by atoms with Gasteiger partial charge in [-0.05, 0) is 50.0 Å².